The summed E-state index contributed by atoms with van der Waals surface area (Å²) in [4.78, 5) is 26.4. The van der Waals surface area contributed by atoms with E-state index < -0.39 is 5.97 Å². The number of anilines is 1. The average Bonchev–Trinajstić information content (AvgIpc) is 2.81. The van der Waals surface area contributed by atoms with Crippen LogP contribution < -0.4 is 10.6 Å². The number of carbonyl (C=O) groups is 2. The second-order valence-corrected chi connectivity index (χ2v) is 4.58. The smallest absolute Gasteiger partial charge is 0.335 e. The number of aromatic carboxylic acids is 1. The van der Waals surface area contributed by atoms with Crippen LogP contribution >= 0.6 is 0 Å². The number of amides is 1. The number of aromatic nitrogens is 1. The summed E-state index contributed by atoms with van der Waals surface area (Å²) in [6.45, 7) is 2.49. The van der Waals surface area contributed by atoms with Gasteiger partial charge in [-0.1, -0.05) is 6.92 Å². The van der Waals surface area contributed by atoms with E-state index in [9.17, 15) is 9.59 Å². The molecule has 1 aromatic rings. The summed E-state index contributed by atoms with van der Waals surface area (Å²) in [7, 11) is 0. The molecule has 1 amide bonds. The zero-order valence-corrected chi connectivity index (χ0v) is 10.8. The van der Waals surface area contributed by atoms with E-state index in [1.54, 1.807) is 6.07 Å². The highest BCUT2D eigenvalue weighted by Gasteiger charge is 2.20. The molecule has 1 atom stereocenters. The van der Waals surface area contributed by atoms with E-state index in [0.717, 1.165) is 12.1 Å². The molecule has 3 N–H and O–H groups in total. The average molecular weight is 263 g/mol. The van der Waals surface area contributed by atoms with Crippen molar-refractivity contribution in [1.82, 2.24) is 10.3 Å². The van der Waals surface area contributed by atoms with Gasteiger partial charge in [0.1, 0.15) is 5.82 Å². The second kappa shape index (κ2) is 5.69. The number of carboxylic acids is 1. The second-order valence-electron chi connectivity index (χ2n) is 4.58. The summed E-state index contributed by atoms with van der Waals surface area (Å²) in [6, 6.07) is 3.18. The zero-order chi connectivity index (χ0) is 13.8. The van der Waals surface area contributed by atoms with Crippen molar-refractivity contribution in [1.29, 1.82) is 0 Å². The Hall–Kier alpha value is -2.11. The van der Waals surface area contributed by atoms with Crippen LogP contribution in [-0.4, -0.2) is 34.6 Å². The van der Waals surface area contributed by atoms with E-state index in [0.29, 0.717) is 25.2 Å². The minimum atomic E-state index is -0.964. The number of aryl methyl sites for hydroxylation is 1. The molecule has 1 aliphatic heterocycles. The van der Waals surface area contributed by atoms with Gasteiger partial charge in [-0.3, -0.25) is 4.79 Å². The van der Waals surface area contributed by atoms with Gasteiger partial charge in [-0.2, -0.15) is 0 Å². The molecule has 19 heavy (non-hydrogen) atoms. The largest absolute Gasteiger partial charge is 0.478 e. The van der Waals surface area contributed by atoms with Crippen molar-refractivity contribution in [3.8, 4) is 0 Å². The predicted molar refractivity (Wildman–Crippen MR) is 70.2 cm³/mol. The lowest BCUT2D eigenvalue weighted by Crippen LogP contribution is -2.32. The molecule has 1 aromatic heterocycles. The van der Waals surface area contributed by atoms with Crippen LogP contribution in [0.4, 0.5) is 5.82 Å². The Morgan fingerprint density at radius 1 is 1.58 bits per heavy atom. The van der Waals surface area contributed by atoms with Gasteiger partial charge in [-0.15, -0.1) is 0 Å². The lowest BCUT2D eigenvalue weighted by atomic mass is 10.2. The van der Waals surface area contributed by atoms with Gasteiger partial charge in [0.25, 0.3) is 0 Å². The minimum absolute atomic E-state index is 0.0632. The third kappa shape index (κ3) is 3.43. The van der Waals surface area contributed by atoms with Crippen molar-refractivity contribution in [2.24, 2.45) is 0 Å². The summed E-state index contributed by atoms with van der Waals surface area (Å²) in [5.41, 5.74) is 0.961. The standard InChI is InChI=1S/C13H17N3O3/c1-2-9-5-8(13(18)19)6-11(15-9)14-7-10-3-4-12(17)16-10/h5-6,10H,2-4,7H2,1H3,(H,14,15)(H,16,17)(H,18,19). The Morgan fingerprint density at radius 3 is 2.95 bits per heavy atom. The highest BCUT2D eigenvalue weighted by Crippen LogP contribution is 2.13. The number of hydrogen-bond acceptors (Lipinski definition) is 4. The summed E-state index contributed by atoms with van der Waals surface area (Å²) in [5.74, 6) is -0.361. The fourth-order valence-corrected chi connectivity index (χ4v) is 2.04. The van der Waals surface area contributed by atoms with Crippen molar-refractivity contribution in [2.45, 2.75) is 32.2 Å². The van der Waals surface area contributed by atoms with Gasteiger partial charge in [0.15, 0.2) is 0 Å². The first-order valence-electron chi connectivity index (χ1n) is 6.36. The first-order chi connectivity index (χ1) is 9.08. The minimum Gasteiger partial charge on any atom is -0.478 e. The Morgan fingerprint density at radius 2 is 2.37 bits per heavy atom. The fourth-order valence-electron chi connectivity index (χ4n) is 2.04. The molecule has 2 heterocycles. The number of pyridine rings is 1. The maximum Gasteiger partial charge on any atom is 0.335 e. The van der Waals surface area contributed by atoms with Gasteiger partial charge in [0.2, 0.25) is 5.91 Å². The number of carboxylic acid groups (broad SMARTS) is 1. The first kappa shape index (κ1) is 13.3. The Balaban J connectivity index is 2.04. The third-order valence-electron chi connectivity index (χ3n) is 3.10. The van der Waals surface area contributed by atoms with Crippen LogP contribution in [0.3, 0.4) is 0 Å². The number of nitrogens with zero attached hydrogens (tertiary/aromatic N) is 1. The Labute approximate surface area is 111 Å². The normalized spacial score (nSPS) is 18.2. The molecular formula is C13H17N3O3. The third-order valence-corrected chi connectivity index (χ3v) is 3.10. The summed E-state index contributed by atoms with van der Waals surface area (Å²) >= 11 is 0. The zero-order valence-electron chi connectivity index (χ0n) is 10.8. The molecule has 1 aliphatic rings. The first-order valence-corrected chi connectivity index (χ1v) is 6.36. The number of carbonyl (C=O) groups excluding carboxylic acids is 1. The molecule has 2 rings (SSSR count). The van der Waals surface area contributed by atoms with E-state index in [1.807, 2.05) is 6.92 Å². The molecule has 6 nitrogen and oxygen atoms in total. The molecule has 0 aliphatic carbocycles. The highest BCUT2D eigenvalue weighted by molar-refractivity contribution is 5.88. The van der Waals surface area contributed by atoms with Crippen molar-refractivity contribution >= 4 is 17.7 Å². The van der Waals surface area contributed by atoms with Gasteiger partial charge in [0, 0.05) is 24.7 Å². The summed E-state index contributed by atoms with van der Waals surface area (Å²) < 4.78 is 0. The van der Waals surface area contributed by atoms with Gasteiger partial charge in [-0.25, -0.2) is 9.78 Å². The van der Waals surface area contributed by atoms with Crippen molar-refractivity contribution in [3.05, 3.63) is 23.4 Å². The summed E-state index contributed by atoms with van der Waals surface area (Å²) in [6.07, 6.45) is 2.02. The van der Waals surface area contributed by atoms with Gasteiger partial charge in [-0.05, 0) is 25.0 Å². The van der Waals surface area contributed by atoms with Crippen LogP contribution in [0.25, 0.3) is 0 Å². The van der Waals surface area contributed by atoms with Crippen molar-refractivity contribution in [3.63, 3.8) is 0 Å². The lowest BCUT2D eigenvalue weighted by Gasteiger charge is -2.13. The molecule has 6 heteroatoms. The van der Waals surface area contributed by atoms with Crippen LogP contribution in [0, 0.1) is 0 Å². The Kier molecular flexibility index (Phi) is 3.99. The van der Waals surface area contributed by atoms with Crippen LogP contribution in [0.15, 0.2) is 12.1 Å². The van der Waals surface area contributed by atoms with E-state index in [4.69, 9.17) is 5.11 Å². The number of nitrogens with one attached hydrogen (secondary N) is 2. The van der Waals surface area contributed by atoms with Crippen LogP contribution in [-0.2, 0) is 11.2 Å². The molecule has 1 unspecified atom stereocenters. The number of rotatable bonds is 5. The van der Waals surface area contributed by atoms with Crippen LogP contribution in [0.1, 0.15) is 35.8 Å². The molecule has 0 saturated carbocycles. The van der Waals surface area contributed by atoms with E-state index in [-0.39, 0.29) is 17.5 Å². The summed E-state index contributed by atoms with van der Waals surface area (Å²) in [5, 5.41) is 15.0. The molecule has 0 aromatic carbocycles. The topological polar surface area (TPSA) is 91.3 Å². The molecule has 1 fully saturated rings. The SMILES string of the molecule is CCc1cc(C(=O)O)cc(NCC2CCC(=O)N2)n1. The van der Waals surface area contributed by atoms with Crippen molar-refractivity contribution < 1.29 is 14.7 Å². The molecular weight excluding hydrogens is 246 g/mol. The lowest BCUT2D eigenvalue weighted by molar-refractivity contribution is -0.119. The van der Waals surface area contributed by atoms with Crippen LogP contribution in [0.5, 0.6) is 0 Å². The fraction of sp³-hybridized carbons (Fsp3) is 0.462. The van der Waals surface area contributed by atoms with E-state index in [1.165, 1.54) is 6.07 Å². The molecule has 1 saturated heterocycles. The number of hydrogen-bond donors (Lipinski definition) is 3. The van der Waals surface area contributed by atoms with E-state index >= 15 is 0 Å². The van der Waals surface area contributed by atoms with E-state index in [2.05, 4.69) is 15.6 Å². The molecule has 0 radical (unpaired) electrons. The maximum absolute atomic E-state index is 11.1. The van der Waals surface area contributed by atoms with Crippen molar-refractivity contribution in [2.75, 3.05) is 11.9 Å². The van der Waals surface area contributed by atoms with Gasteiger partial charge in [0.05, 0.1) is 5.56 Å². The molecule has 0 spiro atoms. The van der Waals surface area contributed by atoms with Crippen LogP contribution in [0.2, 0.25) is 0 Å². The highest BCUT2D eigenvalue weighted by atomic mass is 16.4. The maximum atomic E-state index is 11.1. The predicted octanol–water partition coefficient (Wildman–Crippen LogP) is 1.03. The molecule has 0 bridgehead atoms. The Bertz CT molecular complexity index is 502. The van der Waals surface area contributed by atoms with Gasteiger partial charge < -0.3 is 15.7 Å². The molecule has 102 valence electrons. The van der Waals surface area contributed by atoms with Gasteiger partial charge >= 0.3 is 5.97 Å². The monoisotopic (exact) mass is 263 g/mol. The quantitative estimate of drug-likeness (QED) is 0.738.